The van der Waals surface area contributed by atoms with Gasteiger partial charge in [-0.25, -0.2) is 4.98 Å². The lowest BCUT2D eigenvalue weighted by atomic mass is 10.3. The first kappa shape index (κ1) is 14.5. The van der Waals surface area contributed by atoms with Gasteiger partial charge in [0.15, 0.2) is 0 Å². The van der Waals surface area contributed by atoms with Crippen molar-refractivity contribution >= 4 is 17.4 Å². The minimum absolute atomic E-state index is 0.121. The zero-order chi connectivity index (χ0) is 15.4. The lowest BCUT2D eigenvalue weighted by Crippen LogP contribution is -2.36. The summed E-state index contributed by atoms with van der Waals surface area (Å²) < 4.78 is 6.94. The third kappa shape index (κ3) is 3.25. The fourth-order valence-corrected chi connectivity index (χ4v) is 2.32. The highest BCUT2D eigenvalue weighted by atomic mass is 16.5. The van der Waals surface area contributed by atoms with Crippen molar-refractivity contribution in [3.8, 4) is 0 Å². The zero-order valence-electron chi connectivity index (χ0n) is 12.5. The number of aromatic nitrogens is 3. The van der Waals surface area contributed by atoms with Crippen LogP contribution in [0.3, 0.4) is 0 Å². The molecule has 22 heavy (non-hydrogen) atoms. The van der Waals surface area contributed by atoms with Crippen LogP contribution in [0.5, 0.6) is 0 Å². The van der Waals surface area contributed by atoms with E-state index in [1.807, 2.05) is 12.1 Å². The van der Waals surface area contributed by atoms with Crippen LogP contribution in [-0.2, 0) is 9.53 Å². The summed E-state index contributed by atoms with van der Waals surface area (Å²) >= 11 is 0. The number of ether oxygens (including phenoxy) is 1. The molecule has 1 amide bonds. The van der Waals surface area contributed by atoms with E-state index >= 15 is 0 Å². The highest BCUT2D eigenvalue weighted by Gasteiger charge is 2.16. The molecule has 0 radical (unpaired) electrons. The highest BCUT2D eigenvalue weighted by molar-refractivity contribution is 5.93. The molecule has 1 aliphatic heterocycles. The molecule has 2 aromatic heterocycles. The van der Waals surface area contributed by atoms with Crippen LogP contribution in [0.1, 0.15) is 13.0 Å². The summed E-state index contributed by atoms with van der Waals surface area (Å²) in [7, 11) is 0. The van der Waals surface area contributed by atoms with Crippen molar-refractivity contribution in [1.29, 1.82) is 0 Å². The quantitative estimate of drug-likeness (QED) is 0.922. The van der Waals surface area contributed by atoms with E-state index in [4.69, 9.17) is 4.74 Å². The summed E-state index contributed by atoms with van der Waals surface area (Å²) in [6.07, 6.45) is 5.10. The number of hydrogen-bond donors (Lipinski definition) is 1. The fourth-order valence-electron chi connectivity index (χ4n) is 2.32. The second-order valence-electron chi connectivity index (χ2n) is 5.16. The molecule has 0 saturated carbocycles. The first-order chi connectivity index (χ1) is 10.7. The van der Waals surface area contributed by atoms with E-state index in [0.717, 1.165) is 32.1 Å². The van der Waals surface area contributed by atoms with Crippen LogP contribution >= 0.6 is 0 Å². The number of nitrogens with zero attached hydrogens (tertiary/aromatic N) is 4. The molecule has 1 N–H and O–H groups in total. The molecule has 0 aromatic carbocycles. The minimum Gasteiger partial charge on any atom is -0.378 e. The number of carbonyl (C=O) groups is 1. The van der Waals surface area contributed by atoms with Crippen LogP contribution in [0.15, 0.2) is 36.8 Å². The van der Waals surface area contributed by atoms with Crippen LogP contribution in [0.2, 0.25) is 0 Å². The molecule has 116 valence electrons. The first-order valence-electron chi connectivity index (χ1n) is 7.33. The maximum Gasteiger partial charge on any atom is 0.248 e. The van der Waals surface area contributed by atoms with Crippen LogP contribution < -0.4 is 10.2 Å². The maximum absolute atomic E-state index is 12.2. The second-order valence-corrected chi connectivity index (χ2v) is 5.16. The molecule has 1 atom stereocenters. The van der Waals surface area contributed by atoms with E-state index in [1.54, 1.807) is 36.3 Å². The topological polar surface area (TPSA) is 72.3 Å². The fraction of sp³-hybridized carbons (Fsp3) is 0.400. The van der Waals surface area contributed by atoms with E-state index < -0.39 is 0 Å². The van der Waals surface area contributed by atoms with Crippen molar-refractivity contribution in [2.75, 3.05) is 36.5 Å². The third-order valence-corrected chi connectivity index (χ3v) is 3.65. The number of morpholine rings is 1. The van der Waals surface area contributed by atoms with Gasteiger partial charge in [0.2, 0.25) is 5.91 Å². The second kappa shape index (κ2) is 6.57. The van der Waals surface area contributed by atoms with Gasteiger partial charge in [-0.1, -0.05) is 0 Å². The van der Waals surface area contributed by atoms with Gasteiger partial charge in [-0.2, -0.15) is 5.10 Å². The first-order valence-corrected chi connectivity index (χ1v) is 7.33. The van der Waals surface area contributed by atoms with E-state index in [2.05, 4.69) is 20.3 Å². The van der Waals surface area contributed by atoms with E-state index in [9.17, 15) is 4.79 Å². The van der Waals surface area contributed by atoms with Crippen molar-refractivity contribution in [1.82, 2.24) is 14.8 Å². The van der Waals surface area contributed by atoms with Crippen molar-refractivity contribution in [2.24, 2.45) is 0 Å². The van der Waals surface area contributed by atoms with Gasteiger partial charge in [0.25, 0.3) is 0 Å². The standard InChI is InChI=1S/C15H19N5O2/c1-12(20-6-2-5-17-20)15(21)18-13-3-4-14(16-11-13)19-7-9-22-10-8-19/h2-6,11-12H,7-10H2,1H3,(H,18,21)/t12-/m1/s1. The average Bonchev–Trinajstić information content (AvgIpc) is 3.10. The zero-order valence-corrected chi connectivity index (χ0v) is 12.5. The van der Waals surface area contributed by atoms with Gasteiger partial charge in [0, 0.05) is 25.5 Å². The summed E-state index contributed by atoms with van der Waals surface area (Å²) in [5.74, 6) is 0.783. The average molecular weight is 301 g/mol. The SMILES string of the molecule is C[C@H](C(=O)Nc1ccc(N2CCOCC2)nc1)n1cccn1. The monoisotopic (exact) mass is 301 g/mol. The van der Waals surface area contributed by atoms with E-state index in [0.29, 0.717) is 5.69 Å². The molecule has 7 nitrogen and oxygen atoms in total. The number of carbonyl (C=O) groups excluding carboxylic acids is 1. The predicted octanol–water partition coefficient (Wildman–Crippen LogP) is 1.31. The Labute approximate surface area is 128 Å². The molecule has 2 aromatic rings. The molecule has 0 spiro atoms. The molecular weight excluding hydrogens is 282 g/mol. The Kier molecular flexibility index (Phi) is 4.34. The number of amides is 1. The summed E-state index contributed by atoms with van der Waals surface area (Å²) in [6, 6.07) is 5.21. The molecule has 0 unspecified atom stereocenters. The summed E-state index contributed by atoms with van der Waals surface area (Å²) in [5.41, 5.74) is 0.681. The van der Waals surface area contributed by atoms with Gasteiger partial charge in [0.05, 0.1) is 25.1 Å². The van der Waals surface area contributed by atoms with E-state index in [-0.39, 0.29) is 11.9 Å². The molecule has 1 fully saturated rings. The number of anilines is 2. The van der Waals surface area contributed by atoms with Crippen LogP contribution in [0.25, 0.3) is 0 Å². The Bertz CT molecular complexity index is 605. The summed E-state index contributed by atoms with van der Waals surface area (Å²) in [6.45, 7) is 4.94. The molecule has 1 saturated heterocycles. The van der Waals surface area contributed by atoms with Gasteiger partial charge in [-0.05, 0) is 25.1 Å². The van der Waals surface area contributed by atoms with Crippen molar-refractivity contribution in [2.45, 2.75) is 13.0 Å². The Morgan fingerprint density at radius 2 is 2.18 bits per heavy atom. The summed E-state index contributed by atoms with van der Waals surface area (Å²) in [5, 5.41) is 6.93. The number of rotatable bonds is 4. The minimum atomic E-state index is -0.367. The lowest BCUT2D eigenvalue weighted by Gasteiger charge is -2.27. The lowest BCUT2D eigenvalue weighted by molar-refractivity contribution is -0.119. The Balaban J connectivity index is 1.62. The van der Waals surface area contributed by atoms with Gasteiger partial charge in [-0.15, -0.1) is 0 Å². The molecule has 7 heteroatoms. The predicted molar refractivity (Wildman–Crippen MR) is 82.8 cm³/mol. The van der Waals surface area contributed by atoms with Crippen LogP contribution in [-0.4, -0.2) is 47.0 Å². The third-order valence-electron chi connectivity index (χ3n) is 3.65. The van der Waals surface area contributed by atoms with Crippen LogP contribution in [0, 0.1) is 0 Å². The molecule has 1 aliphatic rings. The summed E-state index contributed by atoms with van der Waals surface area (Å²) in [4.78, 5) is 18.7. The Morgan fingerprint density at radius 3 is 2.82 bits per heavy atom. The maximum atomic E-state index is 12.2. The van der Waals surface area contributed by atoms with Gasteiger partial charge in [-0.3, -0.25) is 9.48 Å². The highest BCUT2D eigenvalue weighted by Crippen LogP contribution is 2.16. The van der Waals surface area contributed by atoms with Crippen molar-refractivity contribution in [3.63, 3.8) is 0 Å². The Morgan fingerprint density at radius 1 is 1.36 bits per heavy atom. The molecule has 0 aliphatic carbocycles. The van der Waals surface area contributed by atoms with Crippen LogP contribution in [0.4, 0.5) is 11.5 Å². The van der Waals surface area contributed by atoms with Crippen molar-refractivity contribution in [3.05, 3.63) is 36.8 Å². The van der Waals surface area contributed by atoms with E-state index in [1.165, 1.54) is 0 Å². The molecule has 0 bridgehead atoms. The smallest absolute Gasteiger partial charge is 0.248 e. The molecule has 3 rings (SSSR count). The molecular formula is C15H19N5O2. The Hall–Kier alpha value is -2.41. The normalized spacial score (nSPS) is 16.3. The number of nitrogens with one attached hydrogen (secondary N) is 1. The molecule has 3 heterocycles. The van der Waals surface area contributed by atoms with Gasteiger partial charge in [0.1, 0.15) is 11.9 Å². The number of hydrogen-bond acceptors (Lipinski definition) is 5. The van der Waals surface area contributed by atoms with Gasteiger partial charge < -0.3 is 15.0 Å². The van der Waals surface area contributed by atoms with Crippen molar-refractivity contribution < 1.29 is 9.53 Å². The largest absolute Gasteiger partial charge is 0.378 e. The van der Waals surface area contributed by atoms with Gasteiger partial charge >= 0.3 is 0 Å². The number of pyridine rings is 1.